The predicted octanol–water partition coefficient (Wildman–Crippen LogP) is 2.43. The number of H-pyrrole nitrogens is 1. The number of rotatable bonds is 5. The molecule has 2 rings (SSSR count). The smallest absolute Gasteiger partial charge is 0.208 e. The molecular weight excluding hydrogens is 325 g/mol. The number of benzene rings is 1. The first-order valence-electron chi connectivity index (χ1n) is 5.80. The number of aryl methyl sites for hydroxylation is 1. The highest BCUT2D eigenvalue weighted by molar-refractivity contribution is 7.88. The van der Waals surface area contributed by atoms with Gasteiger partial charge in [0.1, 0.15) is 5.82 Å². The molecule has 0 amide bonds. The lowest BCUT2D eigenvalue weighted by atomic mass is 10.3. The number of hydrogen-bond acceptors (Lipinski definition) is 3. The molecule has 0 aliphatic rings. The maximum absolute atomic E-state index is 13.5. The fourth-order valence-electron chi connectivity index (χ4n) is 1.87. The van der Waals surface area contributed by atoms with E-state index in [1.807, 2.05) is 0 Å². The van der Waals surface area contributed by atoms with Crippen molar-refractivity contribution in [3.8, 4) is 0 Å². The fourth-order valence-corrected chi connectivity index (χ4v) is 2.85. The molecule has 110 valence electrons. The molecule has 0 radical (unpaired) electrons. The first kappa shape index (κ1) is 15.4. The molecule has 9 heteroatoms. The van der Waals surface area contributed by atoms with Gasteiger partial charge in [0.15, 0.2) is 4.77 Å². The molecule has 0 bridgehead atoms. The maximum Gasteiger partial charge on any atom is 0.208 e. The van der Waals surface area contributed by atoms with Gasteiger partial charge in [-0.05, 0) is 24.7 Å². The molecule has 1 aromatic heterocycles. The number of aromatic amines is 1. The first-order chi connectivity index (χ1) is 9.28. The standard InChI is InChI=1S/C11H13ClFN3O2S2/c1-20(17,18)14-3-2-4-16-10-6-8(13)7(12)5-9(10)15-11(16)19/h5-6,14H,2-4H2,1H3,(H,15,19). The Morgan fingerprint density at radius 2 is 2.20 bits per heavy atom. The van der Waals surface area contributed by atoms with Crippen molar-refractivity contribution in [2.45, 2.75) is 13.0 Å². The van der Waals surface area contributed by atoms with Crippen LogP contribution >= 0.6 is 23.8 Å². The fraction of sp³-hybridized carbons (Fsp3) is 0.364. The number of fused-ring (bicyclic) bond motifs is 1. The largest absolute Gasteiger partial charge is 0.331 e. The van der Waals surface area contributed by atoms with Crippen LogP contribution in [-0.2, 0) is 16.6 Å². The average Bonchev–Trinajstić information content (AvgIpc) is 2.60. The lowest BCUT2D eigenvalue weighted by Crippen LogP contribution is -2.23. The summed E-state index contributed by atoms with van der Waals surface area (Å²) < 4.78 is 39.9. The first-order valence-corrected chi connectivity index (χ1v) is 8.48. The minimum atomic E-state index is -3.20. The van der Waals surface area contributed by atoms with Crippen LogP contribution in [-0.4, -0.2) is 30.8 Å². The van der Waals surface area contributed by atoms with Gasteiger partial charge < -0.3 is 9.55 Å². The predicted molar refractivity (Wildman–Crippen MR) is 79.6 cm³/mol. The molecule has 0 unspecified atom stereocenters. The number of halogens is 2. The number of aromatic nitrogens is 2. The zero-order chi connectivity index (χ0) is 14.9. The Morgan fingerprint density at radius 1 is 1.50 bits per heavy atom. The van der Waals surface area contributed by atoms with Crippen molar-refractivity contribution in [1.29, 1.82) is 0 Å². The van der Waals surface area contributed by atoms with E-state index in [0.717, 1.165) is 6.26 Å². The Bertz CT molecular complexity index is 798. The second-order valence-electron chi connectivity index (χ2n) is 4.39. The Kier molecular flexibility index (Phi) is 4.48. The Labute approximate surface area is 125 Å². The van der Waals surface area contributed by atoms with Crippen molar-refractivity contribution in [3.05, 3.63) is 27.7 Å². The van der Waals surface area contributed by atoms with Crippen molar-refractivity contribution in [3.63, 3.8) is 0 Å². The third-order valence-corrected chi connectivity index (χ3v) is 4.08. The van der Waals surface area contributed by atoms with Crippen molar-refractivity contribution in [2.24, 2.45) is 0 Å². The van der Waals surface area contributed by atoms with Crippen LogP contribution in [0.25, 0.3) is 11.0 Å². The van der Waals surface area contributed by atoms with Gasteiger partial charge in [-0.3, -0.25) is 0 Å². The second kappa shape index (κ2) is 5.80. The topological polar surface area (TPSA) is 66.9 Å². The molecule has 0 aliphatic heterocycles. The van der Waals surface area contributed by atoms with Gasteiger partial charge in [0.05, 0.1) is 22.3 Å². The van der Waals surface area contributed by atoms with Crippen LogP contribution in [0.15, 0.2) is 12.1 Å². The van der Waals surface area contributed by atoms with E-state index in [-0.39, 0.29) is 5.02 Å². The van der Waals surface area contributed by atoms with Crippen LogP contribution in [0.1, 0.15) is 6.42 Å². The molecule has 0 fully saturated rings. The zero-order valence-electron chi connectivity index (χ0n) is 10.6. The quantitative estimate of drug-likeness (QED) is 0.650. The molecular formula is C11H13ClFN3O2S2. The second-order valence-corrected chi connectivity index (χ2v) is 7.01. The van der Waals surface area contributed by atoms with Crippen molar-refractivity contribution >= 4 is 44.9 Å². The van der Waals surface area contributed by atoms with E-state index in [1.165, 1.54) is 12.1 Å². The Hall–Kier alpha value is -0.960. The summed E-state index contributed by atoms with van der Waals surface area (Å²) in [6.45, 7) is 0.770. The van der Waals surface area contributed by atoms with Gasteiger partial charge in [0, 0.05) is 19.2 Å². The molecule has 0 saturated heterocycles. The summed E-state index contributed by atoms with van der Waals surface area (Å²) in [5.41, 5.74) is 1.26. The SMILES string of the molecule is CS(=O)(=O)NCCCn1c(=S)[nH]c2cc(Cl)c(F)cc21. The minimum absolute atomic E-state index is 0.0274. The summed E-state index contributed by atoms with van der Waals surface area (Å²) in [6, 6.07) is 2.79. The summed E-state index contributed by atoms with van der Waals surface area (Å²) in [7, 11) is -3.20. The van der Waals surface area contributed by atoms with E-state index in [1.54, 1.807) is 4.57 Å². The third kappa shape index (κ3) is 3.57. The molecule has 2 N–H and O–H groups in total. The van der Waals surface area contributed by atoms with Gasteiger partial charge in [-0.25, -0.2) is 17.5 Å². The molecule has 2 aromatic rings. The van der Waals surface area contributed by atoms with Gasteiger partial charge in [0.25, 0.3) is 0 Å². The van der Waals surface area contributed by atoms with Crippen LogP contribution in [0, 0.1) is 10.6 Å². The summed E-state index contributed by atoms with van der Waals surface area (Å²) >= 11 is 10.9. The Morgan fingerprint density at radius 3 is 2.85 bits per heavy atom. The van der Waals surface area contributed by atoms with Gasteiger partial charge in [-0.1, -0.05) is 11.6 Å². The van der Waals surface area contributed by atoms with E-state index in [9.17, 15) is 12.8 Å². The summed E-state index contributed by atoms with van der Waals surface area (Å²) in [5, 5.41) is 0.0274. The molecule has 1 heterocycles. The van der Waals surface area contributed by atoms with Crippen molar-refractivity contribution in [2.75, 3.05) is 12.8 Å². The lowest BCUT2D eigenvalue weighted by molar-refractivity contribution is 0.576. The van der Waals surface area contributed by atoms with E-state index >= 15 is 0 Å². The summed E-state index contributed by atoms with van der Waals surface area (Å²) in [4.78, 5) is 2.94. The minimum Gasteiger partial charge on any atom is -0.331 e. The molecule has 5 nitrogen and oxygen atoms in total. The number of hydrogen-bond donors (Lipinski definition) is 2. The normalized spacial score (nSPS) is 12.2. The van der Waals surface area contributed by atoms with E-state index in [4.69, 9.17) is 23.8 Å². The monoisotopic (exact) mass is 337 g/mol. The number of nitrogens with one attached hydrogen (secondary N) is 2. The lowest BCUT2D eigenvalue weighted by Gasteiger charge is -2.05. The van der Waals surface area contributed by atoms with Crippen LogP contribution in [0.2, 0.25) is 5.02 Å². The molecule has 0 saturated carbocycles. The summed E-state index contributed by atoms with van der Waals surface area (Å²) in [6.07, 6.45) is 1.64. The number of nitrogens with zero attached hydrogens (tertiary/aromatic N) is 1. The van der Waals surface area contributed by atoms with Crippen LogP contribution in [0.3, 0.4) is 0 Å². The van der Waals surface area contributed by atoms with Gasteiger partial charge in [0.2, 0.25) is 10.0 Å². The van der Waals surface area contributed by atoms with E-state index in [0.29, 0.717) is 35.3 Å². The van der Waals surface area contributed by atoms with Gasteiger partial charge >= 0.3 is 0 Å². The third-order valence-electron chi connectivity index (χ3n) is 2.74. The van der Waals surface area contributed by atoms with Crippen molar-refractivity contribution in [1.82, 2.24) is 14.3 Å². The van der Waals surface area contributed by atoms with E-state index < -0.39 is 15.8 Å². The Balaban J connectivity index is 2.20. The van der Waals surface area contributed by atoms with Crippen LogP contribution in [0.4, 0.5) is 4.39 Å². The van der Waals surface area contributed by atoms with Crippen LogP contribution in [0.5, 0.6) is 0 Å². The molecule has 0 aliphatic carbocycles. The molecule has 0 atom stereocenters. The van der Waals surface area contributed by atoms with Gasteiger partial charge in [-0.2, -0.15) is 0 Å². The molecule has 1 aromatic carbocycles. The number of sulfonamides is 1. The van der Waals surface area contributed by atoms with E-state index in [2.05, 4.69) is 9.71 Å². The van der Waals surface area contributed by atoms with Crippen molar-refractivity contribution < 1.29 is 12.8 Å². The highest BCUT2D eigenvalue weighted by Gasteiger charge is 2.09. The molecule has 0 spiro atoms. The highest BCUT2D eigenvalue weighted by atomic mass is 35.5. The van der Waals surface area contributed by atoms with Gasteiger partial charge in [-0.15, -0.1) is 0 Å². The van der Waals surface area contributed by atoms with Crippen LogP contribution < -0.4 is 4.72 Å². The highest BCUT2D eigenvalue weighted by Crippen LogP contribution is 2.22. The molecule has 20 heavy (non-hydrogen) atoms. The number of imidazole rings is 1. The maximum atomic E-state index is 13.5. The summed E-state index contributed by atoms with van der Waals surface area (Å²) in [5.74, 6) is -0.517. The average molecular weight is 338 g/mol. The zero-order valence-corrected chi connectivity index (χ0v) is 13.0.